The fourth-order valence-electron chi connectivity index (χ4n) is 0.840. The molecular formula is C10H19NO2. The number of carbonyl (C=O) groups is 1. The first-order chi connectivity index (χ1) is 6.22. The van der Waals surface area contributed by atoms with Crippen LogP contribution in [0.2, 0.25) is 0 Å². The lowest BCUT2D eigenvalue weighted by atomic mass is 10.1. The number of ether oxygens (including phenoxy) is 1. The van der Waals surface area contributed by atoms with E-state index in [0.29, 0.717) is 18.7 Å². The molecule has 0 spiro atoms. The van der Waals surface area contributed by atoms with E-state index in [2.05, 4.69) is 18.8 Å². The van der Waals surface area contributed by atoms with Crippen LogP contribution in [0.4, 0.5) is 0 Å². The van der Waals surface area contributed by atoms with Gasteiger partial charge in [0.2, 0.25) is 0 Å². The molecule has 0 aromatic heterocycles. The molecule has 1 N–H and O–H groups in total. The maximum Gasteiger partial charge on any atom is 0.333 e. The Hall–Kier alpha value is -0.830. The van der Waals surface area contributed by atoms with Gasteiger partial charge in [0.15, 0.2) is 0 Å². The Morgan fingerprint density at radius 1 is 1.54 bits per heavy atom. The molecule has 3 heteroatoms. The largest absolute Gasteiger partial charge is 0.461 e. The first-order valence-electron chi connectivity index (χ1n) is 4.71. The lowest BCUT2D eigenvalue weighted by Crippen LogP contribution is -2.18. The van der Waals surface area contributed by atoms with Gasteiger partial charge in [-0.15, -0.1) is 0 Å². The number of nitrogens with one attached hydrogen (secondary N) is 1. The van der Waals surface area contributed by atoms with Crippen molar-refractivity contribution in [1.29, 1.82) is 0 Å². The Bertz CT molecular complexity index is 166. The Morgan fingerprint density at radius 3 is 2.77 bits per heavy atom. The van der Waals surface area contributed by atoms with Crippen molar-refractivity contribution in [2.75, 3.05) is 20.2 Å². The lowest BCUT2D eigenvalue weighted by Gasteiger charge is -2.05. The van der Waals surface area contributed by atoms with Gasteiger partial charge in [0.05, 0.1) is 0 Å². The summed E-state index contributed by atoms with van der Waals surface area (Å²) < 4.78 is 4.94. The second kappa shape index (κ2) is 7.80. The summed E-state index contributed by atoms with van der Waals surface area (Å²) in [6, 6.07) is 0. The molecule has 0 radical (unpaired) electrons. The Labute approximate surface area is 80.2 Å². The van der Waals surface area contributed by atoms with Crippen LogP contribution in [-0.2, 0) is 9.53 Å². The highest BCUT2D eigenvalue weighted by Crippen LogP contribution is 2.06. The fourth-order valence-corrected chi connectivity index (χ4v) is 0.840. The van der Waals surface area contributed by atoms with Crippen molar-refractivity contribution in [3.8, 4) is 0 Å². The maximum absolute atomic E-state index is 11.2. The van der Waals surface area contributed by atoms with E-state index in [1.54, 1.807) is 0 Å². The lowest BCUT2D eigenvalue weighted by molar-refractivity contribution is -0.139. The van der Waals surface area contributed by atoms with Crippen LogP contribution in [0.3, 0.4) is 0 Å². The second-order valence-corrected chi connectivity index (χ2v) is 2.95. The normalized spacial score (nSPS) is 9.69. The SMILES string of the molecule is C=C(CCCC)C(=O)OCCNC. The summed E-state index contributed by atoms with van der Waals surface area (Å²) in [6.07, 6.45) is 2.82. The van der Waals surface area contributed by atoms with E-state index < -0.39 is 0 Å². The van der Waals surface area contributed by atoms with Gasteiger partial charge < -0.3 is 10.1 Å². The van der Waals surface area contributed by atoms with Gasteiger partial charge in [0.1, 0.15) is 6.61 Å². The average Bonchev–Trinajstić information content (AvgIpc) is 2.14. The summed E-state index contributed by atoms with van der Waals surface area (Å²) in [6.45, 7) is 6.86. The number of likely N-dealkylation sites (N-methyl/N-ethyl adjacent to an activating group) is 1. The molecule has 0 unspecified atom stereocenters. The molecule has 0 bridgehead atoms. The molecule has 0 aliphatic heterocycles. The van der Waals surface area contributed by atoms with Crippen molar-refractivity contribution < 1.29 is 9.53 Å². The van der Waals surface area contributed by atoms with Gasteiger partial charge in [-0.1, -0.05) is 19.9 Å². The number of rotatable bonds is 7. The van der Waals surface area contributed by atoms with Crippen LogP contribution in [0.25, 0.3) is 0 Å². The Balaban J connectivity index is 3.51. The predicted octanol–water partition coefficient (Wildman–Crippen LogP) is 1.50. The van der Waals surface area contributed by atoms with Crippen molar-refractivity contribution in [3.05, 3.63) is 12.2 Å². The van der Waals surface area contributed by atoms with E-state index >= 15 is 0 Å². The van der Waals surface area contributed by atoms with E-state index in [4.69, 9.17) is 4.74 Å². The molecule has 13 heavy (non-hydrogen) atoms. The highest BCUT2D eigenvalue weighted by molar-refractivity contribution is 5.87. The molecule has 3 nitrogen and oxygen atoms in total. The van der Waals surface area contributed by atoms with Crippen LogP contribution in [0.15, 0.2) is 12.2 Å². The molecule has 0 amide bonds. The minimum absolute atomic E-state index is 0.260. The first-order valence-corrected chi connectivity index (χ1v) is 4.71. The van der Waals surface area contributed by atoms with Crippen LogP contribution in [-0.4, -0.2) is 26.2 Å². The highest BCUT2D eigenvalue weighted by Gasteiger charge is 2.06. The maximum atomic E-state index is 11.2. The summed E-state index contributed by atoms with van der Waals surface area (Å²) >= 11 is 0. The minimum Gasteiger partial charge on any atom is -0.461 e. The van der Waals surface area contributed by atoms with Gasteiger partial charge in [-0.25, -0.2) is 4.79 Å². The van der Waals surface area contributed by atoms with Gasteiger partial charge >= 0.3 is 5.97 Å². The number of hydrogen-bond donors (Lipinski definition) is 1. The molecule has 0 aliphatic carbocycles. The zero-order valence-electron chi connectivity index (χ0n) is 8.56. The zero-order chi connectivity index (χ0) is 10.1. The molecule has 0 rings (SSSR count). The van der Waals surface area contributed by atoms with Gasteiger partial charge in [-0.05, 0) is 19.9 Å². The molecule has 0 aliphatic rings. The fraction of sp³-hybridized carbons (Fsp3) is 0.700. The monoisotopic (exact) mass is 185 g/mol. The van der Waals surface area contributed by atoms with Gasteiger partial charge in [-0.2, -0.15) is 0 Å². The van der Waals surface area contributed by atoms with E-state index in [1.807, 2.05) is 7.05 Å². The van der Waals surface area contributed by atoms with Crippen molar-refractivity contribution in [1.82, 2.24) is 5.32 Å². The molecule has 0 fully saturated rings. The Morgan fingerprint density at radius 2 is 2.23 bits per heavy atom. The summed E-state index contributed by atoms with van der Waals surface area (Å²) in [5.41, 5.74) is 0.581. The van der Waals surface area contributed by atoms with Crippen LogP contribution in [0, 0.1) is 0 Å². The van der Waals surface area contributed by atoms with E-state index in [0.717, 1.165) is 19.3 Å². The molecule has 0 aromatic rings. The molecule has 0 aromatic carbocycles. The predicted molar refractivity (Wildman–Crippen MR) is 53.6 cm³/mol. The molecule has 0 saturated heterocycles. The number of esters is 1. The van der Waals surface area contributed by atoms with Gasteiger partial charge in [0.25, 0.3) is 0 Å². The second-order valence-electron chi connectivity index (χ2n) is 2.95. The van der Waals surface area contributed by atoms with E-state index in [9.17, 15) is 4.79 Å². The third kappa shape index (κ3) is 6.34. The number of hydrogen-bond acceptors (Lipinski definition) is 3. The van der Waals surface area contributed by atoms with Crippen molar-refractivity contribution in [3.63, 3.8) is 0 Å². The summed E-state index contributed by atoms with van der Waals surface area (Å²) in [7, 11) is 1.82. The van der Waals surface area contributed by atoms with Crippen LogP contribution < -0.4 is 5.32 Å². The third-order valence-corrected chi connectivity index (χ3v) is 1.71. The molecular weight excluding hydrogens is 166 g/mol. The van der Waals surface area contributed by atoms with Crippen molar-refractivity contribution in [2.24, 2.45) is 0 Å². The quantitative estimate of drug-likeness (QED) is 0.371. The first kappa shape index (κ1) is 12.2. The van der Waals surface area contributed by atoms with E-state index in [1.165, 1.54) is 0 Å². The van der Waals surface area contributed by atoms with E-state index in [-0.39, 0.29) is 5.97 Å². The number of carbonyl (C=O) groups excluding carboxylic acids is 1. The van der Waals surface area contributed by atoms with Crippen molar-refractivity contribution >= 4 is 5.97 Å². The van der Waals surface area contributed by atoms with Crippen LogP contribution >= 0.6 is 0 Å². The molecule has 76 valence electrons. The topological polar surface area (TPSA) is 38.3 Å². The van der Waals surface area contributed by atoms with Gasteiger partial charge in [-0.3, -0.25) is 0 Å². The average molecular weight is 185 g/mol. The molecule has 0 heterocycles. The Kier molecular flexibility index (Phi) is 7.30. The number of unbranched alkanes of at least 4 members (excludes halogenated alkanes) is 1. The smallest absolute Gasteiger partial charge is 0.333 e. The summed E-state index contributed by atoms with van der Waals surface area (Å²) in [5.74, 6) is -0.260. The van der Waals surface area contributed by atoms with Crippen LogP contribution in [0.1, 0.15) is 26.2 Å². The van der Waals surface area contributed by atoms with Crippen molar-refractivity contribution in [2.45, 2.75) is 26.2 Å². The molecule has 0 saturated carbocycles. The highest BCUT2D eigenvalue weighted by atomic mass is 16.5. The standard InChI is InChI=1S/C10H19NO2/c1-4-5-6-9(2)10(12)13-8-7-11-3/h11H,2,4-8H2,1,3H3. The third-order valence-electron chi connectivity index (χ3n) is 1.71. The minimum atomic E-state index is -0.260. The van der Waals surface area contributed by atoms with Gasteiger partial charge in [0, 0.05) is 12.1 Å². The summed E-state index contributed by atoms with van der Waals surface area (Å²) in [4.78, 5) is 11.2. The summed E-state index contributed by atoms with van der Waals surface area (Å²) in [5, 5.41) is 2.90. The molecule has 0 atom stereocenters. The zero-order valence-corrected chi connectivity index (χ0v) is 8.56. The van der Waals surface area contributed by atoms with Crippen LogP contribution in [0.5, 0.6) is 0 Å².